The molecule has 0 saturated heterocycles. The Balaban J connectivity index is 1.62. The molecule has 0 unspecified atom stereocenters. The quantitative estimate of drug-likeness (QED) is 0.563. The minimum atomic E-state index is -0.193. The molecule has 0 spiro atoms. The topological polar surface area (TPSA) is 50.5 Å². The Labute approximate surface area is 159 Å². The van der Waals surface area contributed by atoms with Crippen molar-refractivity contribution in [1.29, 1.82) is 0 Å². The van der Waals surface area contributed by atoms with Crippen molar-refractivity contribution in [2.75, 3.05) is 7.05 Å². The maximum Gasteiger partial charge on any atom is 0.223 e. The van der Waals surface area contributed by atoms with Crippen LogP contribution in [0.5, 0.6) is 0 Å². The molecule has 3 rings (SSSR count). The largest absolute Gasteiger partial charge is 0.459 e. The zero-order valence-corrected chi connectivity index (χ0v) is 16.3. The number of aryl methyl sites for hydroxylation is 2. The van der Waals surface area contributed by atoms with Crippen LogP contribution in [0.15, 0.2) is 52.9 Å². The SMILES string of the molecule is Cc1ccc(C(=O)CCC(=O)N(C)[C@H](C)c2cc3ccccc3o2)cc1C. The minimum Gasteiger partial charge on any atom is -0.459 e. The molecule has 1 amide bonds. The van der Waals surface area contributed by atoms with Gasteiger partial charge in [0.25, 0.3) is 0 Å². The first-order chi connectivity index (χ1) is 12.9. The fourth-order valence-electron chi connectivity index (χ4n) is 3.07. The van der Waals surface area contributed by atoms with Crippen LogP contribution in [0, 0.1) is 13.8 Å². The highest BCUT2D eigenvalue weighted by Crippen LogP contribution is 2.27. The molecule has 0 saturated carbocycles. The Hall–Kier alpha value is -2.88. The molecule has 140 valence electrons. The average Bonchev–Trinajstić information content (AvgIpc) is 3.11. The van der Waals surface area contributed by atoms with Gasteiger partial charge in [-0.15, -0.1) is 0 Å². The molecule has 1 atom stereocenters. The van der Waals surface area contributed by atoms with Crippen molar-refractivity contribution >= 4 is 22.7 Å². The van der Waals surface area contributed by atoms with E-state index in [4.69, 9.17) is 4.42 Å². The second-order valence-corrected chi connectivity index (χ2v) is 7.09. The molecule has 0 radical (unpaired) electrons. The summed E-state index contributed by atoms with van der Waals surface area (Å²) in [6, 6.07) is 15.2. The van der Waals surface area contributed by atoms with Gasteiger partial charge in [0.1, 0.15) is 11.3 Å². The number of nitrogens with zero attached hydrogens (tertiary/aromatic N) is 1. The van der Waals surface area contributed by atoms with Gasteiger partial charge in [-0.1, -0.05) is 30.3 Å². The van der Waals surface area contributed by atoms with E-state index in [0.29, 0.717) is 5.56 Å². The van der Waals surface area contributed by atoms with E-state index in [9.17, 15) is 9.59 Å². The molecule has 2 aromatic carbocycles. The van der Waals surface area contributed by atoms with E-state index in [-0.39, 0.29) is 30.6 Å². The standard InChI is InChI=1S/C23H25NO3/c1-15-9-10-18(13-16(15)2)20(25)11-12-23(26)24(4)17(3)22-14-19-7-5-6-8-21(19)27-22/h5-10,13-14,17H,11-12H2,1-4H3/t17-/m1/s1. The second-order valence-electron chi connectivity index (χ2n) is 7.09. The van der Waals surface area contributed by atoms with Gasteiger partial charge < -0.3 is 9.32 Å². The van der Waals surface area contributed by atoms with E-state index < -0.39 is 0 Å². The van der Waals surface area contributed by atoms with Gasteiger partial charge in [-0.25, -0.2) is 0 Å². The van der Waals surface area contributed by atoms with Crippen molar-refractivity contribution in [2.45, 2.75) is 39.7 Å². The number of rotatable bonds is 6. The number of furan rings is 1. The number of hydrogen-bond donors (Lipinski definition) is 0. The van der Waals surface area contributed by atoms with Crippen LogP contribution in [0.4, 0.5) is 0 Å². The summed E-state index contributed by atoms with van der Waals surface area (Å²) < 4.78 is 5.86. The average molecular weight is 363 g/mol. The van der Waals surface area contributed by atoms with Gasteiger partial charge in [0.2, 0.25) is 5.91 Å². The minimum absolute atomic E-state index is 0.00348. The maximum atomic E-state index is 12.6. The molecule has 1 aromatic heterocycles. The Morgan fingerprint density at radius 2 is 1.74 bits per heavy atom. The predicted molar refractivity (Wildman–Crippen MR) is 107 cm³/mol. The van der Waals surface area contributed by atoms with Gasteiger partial charge >= 0.3 is 0 Å². The van der Waals surface area contributed by atoms with Crippen LogP contribution in [-0.2, 0) is 4.79 Å². The lowest BCUT2D eigenvalue weighted by Gasteiger charge is -2.23. The number of amides is 1. The van der Waals surface area contributed by atoms with Crippen LogP contribution in [0.3, 0.4) is 0 Å². The lowest BCUT2D eigenvalue weighted by Crippen LogP contribution is -2.29. The summed E-state index contributed by atoms with van der Waals surface area (Å²) in [6.07, 6.45) is 0.394. The zero-order valence-electron chi connectivity index (χ0n) is 16.3. The Kier molecular flexibility index (Phi) is 5.45. The lowest BCUT2D eigenvalue weighted by molar-refractivity contribution is -0.132. The number of fused-ring (bicyclic) bond motifs is 1. The molecule has 0 N–H and O–H groups in total. The number of para-hydroxylation sites is 1. The first-order valence-corrected chi connectivity index (χ1v) is 9.21. The zero-order chi connectivity index (χ0) is 19.6. The molecule has 0 bridgehead atoms. The van der Waals surface area contributed by atoms with Gasteiger partial charge in [-0.05, 0) is 50.1 Å². The molecule has 4 heteroatoms. The Morgan fingerprint density at radius 1 is 1.00 bits per heavy atom. The molecule has 27 heavy (non-hydrogen) atoms. The van der Waals surface area contributed by atoms with Gasteiger partial charge in [0.15, 0.2) is 5.78 Å². The summed E-state index contributed by atoms with van der Waals surface area (Å²) in [5.74, 6) is 0.670. The van der Waals surface area contributed by atoms with Gasteiger partial charge in [0.05, 0.1) is 6.04 Å². The Bertz CT molecular complexity index is 953. The van der Waals surface area contributed by atoms with Crippen LogP contribution in [0.1, 0.15) is 53.1 Å². The van der Waals surface area contributed by atoms with E-state index in [1.54, 1.807) is 11.9 Å². The van der Waals surface area contributed by atoms with E-state index in [1.807, 2.05) is 69.3 Å². The fraction of sp³-hybridized carbons (Fsp3) is 0.304. The fourth-order valence-corrected chi connectivity index (χ4v) is 3.07. The third-order valence-electron chi connectivity index (χ3n) is 5.23. The number of carbonyl (C=O) groups is 2. The maximum absolute atomic E-state index is 12.6. The first kappa shape index (κ1) is 18.9. The van der Waals surface area contributed by atoms with Crippen LogP contribution in [0.2, 0.25) is 0 Å². The van der Waals surface area contributed by atoms with E-state index in [1.165, 1.54) is 0 Å². The second kappa shape index (κ2) is 7.78. The van der Waals surface area contributed by atoms with Crippen LogP contribution < -0.4 is 0 Å². The number of benzene rings is 2. The molecular weight excluding hydrogens is 338 g/mol. The number of hydrogen-bond acceptors (Lipinski definition) is 3. The summed E-state index contributed by atoms with van der Waals surface area (Å²) in [5.41, 5.74) is 3.72. The third kappa shape index (κ3) is 4.11. The number of Topliss-reactive ketones (excluding diaryl/α,β-unsaturated/α-hetero) is 1. The van der Waals surface area contributed by atoms with E-state index >= 15 is 0 Å². The van der Waals surface area contributed by atoms with Crippen molar-refractivity contribution in [3.63, 3.8) is 0 Å². The van der Waals surface area contributed by atoms with Gasteiger partial charge in [-0.2, -0.15) is 0 Å². The van der Waals surface area contributed by atoms with E-state index in [2.05, 4.69) is 0 Å². The summed E-state index contributed by atoms with van der Waals surface area (Å²) in [7, 11) is 1.75. The molecule has 4 nitrogen and oxygen atoms in total. The third-order valence-corrected chi connectivity index (χ3v) is 5.23. The highest BCUT2D eigenvalue weighted by Gasteiger charge is 2.21. The Morgan fingerprint density at radius 3 is 2.44 bits per heavy atom. The van der Waals surface area contributed by atoms with Crippen molar-refractivity contribution in [3.8, 4) is 0 Å². The molecule has 0 aliphatic carbocycles. The monoisotopic (exact) mass is 363 g/mol. The number of carbonyl (C=O) groups excluding carboxylic acids is 2. The van der Waals surface area contributed by atoms with Crippen molar-refractivity contribution in [2.24, 2.45) is 0 Å². The van der Waals surface area contributed by atoms with Gasteiger partial charge in [-0.3, -0.25) is 9.59 Å². The molecule has 1 heterocycles. The summed E-state index contributed by atoms with van der Waals surface area (Å²) >= 11 is 0. The molecule has 0 aliphatic rings. The van der Waals surface area contributed by atoms with Crippen molar-refractivity contribution < 1.29 is 14.0 Å². The lowest BCUT2D eigenvalue weighted by atomic mass is 10.0. The highest BCUT2D eigenvalue weighted by molar-refractivity contribution is 5.98. The smallest absolute Gasteiger partial charge is 0.223 e. The first-order valence-electron chi connectivity index (χ1n) is 9.21. The summed E-state index contributed by atoms with van der Waals surface area (Å²) in [5, 5.41) is 1.02. The highest BCUT2D eigenvalue weighted by atomic mass is 16.3. The normalized spacial score (nSPS) is 12.1. The van der Waals surface area contributed by atoms with Crippen LogP contribution in [-0.4, -0.2) is 23.6 Å². The molecule has 0 aliphatic heterocycles. The van der Waals surface area contributed by atoms with Crippen molar-refractivity contribution in [1.82, 2.24) is 4.90 Å². The molecule has 0 fully saturated rings. The summed E-state index contributed by atoms with van der Waals surface area (Å²) in [4.78, 5) is 26.6. The number of ketones is 1. The molecule has 3 aromatic rings. The van der Waals surface area contributed by atoms with Crippen LogP contribution >= 0.6 is 0 Å². The predicted octanol–water partition coefficient (Wildman–Crippen LogP) is 5.23. The van der Waals surface area contributed by atoms with Gasteiger partial charge in [0, 0.05) is 30.8 Å². The van der Waals surface area contributed by atoms with Crippen molar-refractivity contribution in [3.05, 3.63) is 71.0 Å². The van der Waals surface area contributed by atoms with E-state index in [0.717, 1.165) is 27.9 Å². The van der Waals surface area contributed by atoms with Crippen LogP contribution in [0.25, 0.3) is 11.0 Å². The molecular formula is C23H25NO3. The summed E-state index contributed by atoms with van der Waals surface area (Å²) in [6.45, 7) is 5.93.